The molecule has 0 aliphatic rings. The van der Waals surface area contributed by atoms with Crippen LogP contribution < -0.4 is 4.72 Å². The predicted octanol–water partition coefficient (Wildman–Crippen LogP) is 3.12. The molecule has 0 aliphatic carbocycles. The number of hydrogen-bond donors (Lipinski definition) is 1. The summed E-state index contributed by atoms with van der Waals surface area (Å²) < 4.78 is 29.1. The van der Waals surface area contributed by atoms with E-state index in [0.717, 1.165) is 4.47 Å². The van der Waals surface area contributed by atoms with Crippen LogP contribution in [-0.2, 0) is 16.6 Å². The average Bonchev–Trinajstić information content (AvgIpc) is 2.83. The second-order valence-corrected chi connectivity index (χ2v) is 6.72. The van der Waals surface area contributed by atoms with Crippen LogP contribution in [-0.4, -0.2) is 18.0 Å². The first kappa shape index (κ1) is 14.4. The molecule has 0 bridgehead atoms. The maximum absolute atomic E-state index is 12.1. The van der Waals surface area contributed by atoms with E-state index in [1.165, 1.54) is 12.5 Å². The number of halogens is 2. The highest BCUT2D eigenvalue weighted by atomic mass is 79.9. The Kier molecular flexibility index (Phi) is 4.17. The number of hydrogen-bond acceptors (Lipinski definition) is 3. The molecule has 0 unspecified atom stereocenters. The van der Waals surface area contributed by atoms with E-state index in [0.29, 0.717) is 17.3 Å². The van der Waals surface area contributed by atoms with Gasteiger partial charge in [0.2, 0.25) is 0 Å². The maximum Gasteiger partial charge on any atom is 0.280 e. The molecule has 19 heavy (non-hydrogen) atoms. The van der Waals surface area contributed by atoms with E-state index in [1.54, 1.807) is 22.8 Å². The Hall–Kier alpha value is -1.05. The number of aromatic nitrogens is 2. The highest BCUT2D eigenvalue weighted by Crippen LogP contribution is 2.27. The number of rotatable bonds is 4. The summed E-state index contributed by atoms with van der Waals surface area (Å²) in [5, 5.41) is 0.284. The average molecular weight is 365 g/mol. The van der Waals surface area contributed by atoms with Gasteiger partial charge in [0, 0.05) is 17.2 Å². The van der Waals surface area contributed by atoms with Gasteiger partial charge in [-0.15, -0.1) is 0 Å². The first-order valence-electron chi connectivity index (χ1n) is 5.42. The number of aryl methyl sites for hydroxylation is 1. The van der Waals surface area contributed by atoms with Gasteiger partial charge in [-0.3, -0.25) is 4.72 Å². The van der Waals surface area contributed by atoms with Gasteiger partial charge in [0.1, 0.15) is 0 Å². The fraction of sp³-hybridized carbons (Fsp3) is 0.182. The van der Waals surface area contributed by atoms with Crippen molar-refractivity contribution < 1.29 is 8.42 Å². The van der Waals surface area contributed by atoms with Crippen molar-refractivity contribution >= 4 is 43.2 Å². The molecule has 8 heteroatoms. The van der Waals surface area contributed by atoms with Crippen molar-refractivity contribution in [2.75, 3.05) is 4.72 Å². The van der Waals surface area contributed by atoms with Crippen LogP contribution in [0.2, 0.25) is 5.02 Å². The SMILES string of the molecule is CCn1cnc(S(=O)(=O)Nc2cc(Br)ccc2Cl)c1. The Labute approximate surface area is 124 Å². The van der Waals surface area contributed by atoms with Crippen LogP contribution in [0.25, 0.3) is 0 Å². The zero-order valence-electron chi connectivity index (χ0n) is 9.97. The van der Waals surface area contributed by atoms with E-state index in [2.05, 4.69) is 25.6 Å². The van der Waals surface area contributed by atoms with E-state index in [4.69, 9.17) is 11.6 Å². The maximum atomic E-state index is 12.1. The zero-order valence-corrected chi connectivity index (χ0v) is 13.1. The third-order valence-corrected chi connectivity index (χ3v) is 4.50. The summed E-state index contributed by atoms with van der Waals surface area (Å²) in [4.78, 5) is 3.86. The van der Waals surface area contributed by atoms with Gasteiger partial charge in [-0.05, 0) is 25.1 Å². The van der Waals surface area contributed by atoms with Crippen molar-refractivity contribution in [3.8, 4) is 0 Å². The lowest BCUT2D eigenvalue weighted by Crippen LogP contribution is -2.13. The van der Waals surface area contributed by atoms with E-state index in [-0.39, 0.29) is 5.03 Å². The fourth-order valence-corrected chi connectivity index (χ4v) is 3.03. The molecule has 0 spiro atoms. The Morgan fingerprint density at radius 1 is 1.47 bits per heavy atom. The van der Waals surface area contributed by atoms with E-state index in [1.807, 2.05) is 6.92 Å². The molecular weight excluding hydrogens is 354 g/mol. The van der Waals surface area contributed by atoms with Crippen LogP contribution in [0.1, 0.15) is 6.92 Å². The topological polar surface area (TPSA) is 64.0 Å². The summed E-state index contributed by atoms with van der Waals surface area (Å²) in [7, 11) is -3.73. The van der Waals surface area contributed by atoms with Gasteiger partial charge in [-0.25, -0.2) is 4.98 Å². The third-order valence-electron chi connectivity index (χ3n) is 2.42. The second kappa shape index (κ2) is 5.52. The zero-order chi connectivity index (χ0) is 14.0. The highest BCUT2D eigenvalue weighted by molar-refractivity contribution is 9.10. The molecule has 0 saturated heterocycles. The van der Waals surface area contributed by atoms with E-state index < -0.39 is 10.0 Å². The molecule has 5 nitrogen and oxygen atoms in total. The van der Waals surface area contributed by atoms with E-state index >= 15 is 0 Å². The van der Waals surface area contributed by atoms with Gasteiger partial charge < -0.3 is 4.57 Å². The number of nitrogens with zero attached hydrogens (tertiary/aromatic N) is 2. The van der Waals surface area contributed by atoms with E-state index in [9.17, 15) is 8.42 Å². The van der Waals surface area contributed by atoms with Crippen LogP contribution in [0.4, 0.5) is 5.69 Å². The van der Waals surface area contributed by atoms with Gasteiger partial charge >= 0.3 is 0 Å². The lowest BCUT2D eigenvalue weighted by Gasteiger charge is -2.08. The standard InChI is InChI=1S/C11H11BrClN3O2S/c1-2-16-6-11(14-7-16)19(17,18)15-10-5-8(12)3-4-9(10)13/h3-7,15H,2H2,1H3. The quantitative estimate of drug-likeness (QED) is 0.906. The van der Waals surface area contributed by atoms with Crippen LogP contribution in [0.5, 0.6) is 0 Å². The number of nitrogens with one attached hydrogen (secondary N) is 1. The molecule has 2 aromatic rings. The number of anilines is 1. The molecule has 0 radical (unpaired) electrons. The van der Waals surface area contributed by atoms with Crippen LogP contribution in [0.15, 0.2) is 40.2 Å². The number of sulfonamides is 1. The minimum atomic E-state index is -3.73. The molecule has 1 heterocycles. The number of imidazole rings is 1. The molecule has 0 fully saturated rings. The summed E-state index contributed by atoms with van der Waals surface area (Å²) >= 11 is 9.21. The van der Waals surface area contributed by atoms with Crippen molar-refractivity contribution in [1.29, 1.82) is 0 Å². The van der Waals surface area contributed by atoms with Crippen molar-refractivity contribution in [2.45, 2.75) is 18.5 Å². The summed E-state index contributed by atoms with van der Waals surface area (Å²) in [5.41, 5.74) is 0.307. The van der Waals surface area contributed by atoms with Gasteiger partial charge in [-0.1, -0.05) is 27.5 Å². The molecule has 1 aromatic carbocycles. The van der Waals surface area contributed by atoms with Crippen molar-refractivity contribution in [1.82, 2.24) is 9.55 Å². The minimum Gasteiger partial charge on any atom is -0.336 e. The lowest BCUT2D eigenvalue weighted by atomic mass is 10.3. The van der Waals surface area contributed by atoms with Gasteiger partial charge in [0.05, 0.1) is 17.0 Å². The molecule has 1 N–H and O–H groups in total. The Bertz CT molecular complexity index is 700. The second-order valence-electron chi connectivity index (χ2n) is 3.77. The van der Waals surface area contributed by atoms with Gasteiger partial charge in [0.15, 0.2) is 5.03 Å². The molecule has 2 rings (SSSR count). The van der Waals surface area contributed by atoms with Crippen LogP contribution in [0.3, 0.4) is 0 Å². The molecule has 102 valence electrons. The lowest BCUT2D eigenvalue weighted by molar-refractivity contribution is 0.598. The van der Waals surface area contributed by atoms with Gasteiger partial charge in [0.25, 0.3) is 10.0 Å². The molecular formula is C11H11BrClN3O2S. The summed E-state index contributed by atoms with van der Waals surface area (Å²) in [6.07, 6.45) is 2.94. The molecule has 1 aromatic heterocycles. The first-order chi connectivity index (χ1) is 8.92. The highest BCUT2D eigenvalue weighted by Gasteiger charge is 2.18. The summed E-state index contributed by atoms with van der Waals surface area (Å²) in [5.74, 6) is 0. The van der Waals surface area contributed by atoms with Crippen LogP contribution in [0, 0.1) is 0 Å². The normalized spacial score (nSPS) is 11.5. The van der Waals surface area contributed by atoms with Crippen molar-refractivity contribution in [3.05, 3.63) is 40.2 Å². The molecule has 0 aliphatic heterocycles. The third kappa shape index (κ3) is 3.29. The molecule has 0 amide bonds. The molecule has 0 atom stereocenters. The van der Waals surface area contributed by atoms with Crippen molar-refractivity contribution in [2.24, 2.45) is 0 Å². The smallest absolute Gasteiger partial charge is 0.280 e. The monoisotopic (exact) mass is 363 g/mol. The Morgan fingerprint density at radius 2 is 2.21 bits per heavy atom. The number of benzene rings is 1. The fourth-order valence-electron chi connectivity index (χ4n) is 1.42. The van der Waals surface area contributed by atoms with Crippen LogP contribution >= 0.6 is 27.5 Å². The summed E-state index contributed by atoms with van der Waals surface area (Å²) in [6.45, 7) is 2.55. The Balaban J connectivity index is 2.33. The summed E-state index contributed by atoms with van der Waals surface area (Å²) in [6, 6.07) is 4.93. The molecule has 0 saturated carbocycles. The minimum absolute atomic E-state index is 0.0367. The first-order valence-corrected chi connectivity index (χ1v) is 8.07. The largest absolute Gasteiger partial charge is 0.336 e. The predicted molar refractivity (Wildman–Crippen MR) is 77.9 cm³/mol. The van der Waals surface area contributed by atoms with Gasteiger partial charge in [-0.2, -0.15) is 8.42 Å². The Morgan fingerprint density at radius 3 is 2.84 bits per heavy atom. The van der Waals surface area contributed by atoms with Crippen molar-refractivity contribution in [3.63, 3.8) is 0 Å².